The van der Waals surface area contributed by atoms with E-state index < -0.39 is 11.6 Å². The van der Waals surface area contributed by atoms with Crippen molar-refractivity contribution in [1.82, 2.24) is 10.2 Å². The zero-order valence-electron chi connectivity index (χ0n) is 8.75. The second-order valence-electron chi connectivity index (χ2n) is 3.37. The van der Waals surface area contributed by atoms with Gasteiger partial charge in [0.15, 0.2) is 11.6 Å². The zero-order chi connectivity index (χ0) is 12.4. The van der Waals surface area contributed by atoms with E-state index in [0.29, 0.717) is 4.47 Å². The highest BCUT2D eigenvalue weighted by Crippen LogP contribution is 2.28. The summed E-state index contributed by atoms with van der Waals surface area (Å²) < 4.78 is 32.0. The molecule has 1 aromatic heterocycles. The van der Waals surface area contributed by atoms with Crippen LogP contribution >= 0.6 is 15.9 Å². The number of hydrogen-bond acceptors (Lipinski definition) is 3. The first-order valence-corrected chi connectivity index (χ1v) is 5.47. The highest BCUT2D eigenvalue weighted by atomic mass is 79.9. The van der Waals surface area contributed by atoms with Gasteiger partial charge in [0.1, 0.15) is 0 Å². The molecule has 0 bridgehead atoms. The largest absolute Gasteiger partial charge is 0.434 e. The molecule has 0 fully saturated rings. The van der Waals surface area contributed by atoms with E-state index in [1.807, 2.05) is 0 Å². The van der Waals surface area contributed by atoms with Crippen molar-refractivity contribution < 1.29 is 13.5 Å². The number of aromatic nitrogens is 2. The Bertz CT molecular complexity index is 563. The fraction of sp³-hybridized carbons (Fsp3) is 0.0909. The van der Waals surface area contributed by atoms with Gasteiger partial charge in [0.05, 0.1) is 6.20 Å². The third-order valence-corrected chi connectivity index (χ3v) is 2.40. The minimum absolute atomic E-state index is 0.112. The fourth-order valence-corrected chi connectivity index (χ4v) is 1.62. The predicted octanol–water partition coefficient (Wildman–Crippen LogP) is 3.62. The molecule has 0 unspecified atom stereocenters. The maximum absolute atomic E-state index is 13.4. The molecule has 0 amide bonds. The van der Waals surface area contributed by atoms with Crippen molar-refractivity contribution in [2.24, 2.45) is 0 Å². The molecular formula is C11H7BrF2N2O. The lowest BCUT2D eigenvalue weighted by Gasteiger charge is -2.06. The van der Waals surface area contributed by atoms with Gasteiger partial charge in [0.25, 0.3) is 0 Å². The molecule has 1 aromatic carbocycles. The summed E-state index contributed by atoms with van der Waals surface area (Å²) in [5, 5.41) is 7.31. The molecule has 2 rings (SSSR count). The molecular weight excluding hydrogens is 294 g/mol. The Hall–Kier alpha value is -1.56. The van der Waals surface area contributed by atoms with Crippen molar-refractivity contribution in [2.45, 2.75) is 6.92 Å². The van der Waals surface area contributed by atoms with Gasteiger partial charge in [0.2, 0.25) is 11.7 Å². The van der Waals surface area contributed by atoms with Crippen LogP contribution in [0.2, 0.25) is 0 Å². The van der Waals surface area contributed by atoms with Gasteiger partial charge in [-0.2, -0.15) is 9.49 Å². The first-order valence-electron chi connectivity index (χ1n) is 4.68. The molecule has 0 saturated carbocycles. The Morgan fingerprint density at radius 2 is 2.00 bits per heavy atom. The van der Waals surface area contributed by atoms with Crippen LogP contribution in [0.1, 0.15) is 5.56 Å². The van der Waals surface area contributed by atoms with E-state index in [-0.39, 0.29) is 11.6 Å². The molecule has 0 atom stereocenters. The van der Waals surface area contributed by atoms with Gasteiger partial charge >= 0.3 is 0 Å². The monoisotopic (exact) mass is 300 g/mol. The van der Waals surface area contributed by atoms with Crippen LogP contribution in [0.15, 0.2) is 28.9 Å². The summed E-state index contributed by atoms with van der Waals surface area (Å²) in [7, 11) is 0. The fourth-order valence-electron chi connectivity index (χ4n) is 1.21. The standard InChI is InChI=1S/C11H7BrF2N2O/c1-6-2-10(16-15-5-6)17-9-4-7(12)3-8(13)11(9)14/h2-5H,1H3. The molecule has 0 radical (unpaired) electrons. The van der Waals surface area contributed by atoms with E-state index in [9.17, 15) is 8.78 Å². The molecule has 0 aliphatic heterocycles. The Kier molecular flexibility index (Phi) is 3.33. The van der Waals surface area contributed by atoms with Gasteiger partial charge in [-0.05, 0) is 24.6 Å². The molecule has 88 valence electrons. The van der Waals surface area contributed by atoms with Gasteiger partial charge < -0.3 is 4.74 Å². The summed E-state index contributed by atoms with van der Waals surface area (Å²) in [4.78, 5) is 0. The van der Waals surface area contributed by atoms with E-state index in [4.69, 9.17) is 4.74 Å². The summed E-state index contributed by atoms with van der Waals surface area (Å²) >= 11 is 3.05. The van der Waals surface area contributed by atoms with Crippen molar-refractivity contribution >= 4 is 15.9 Å². The van der Waals surface area contributed by atoms with E-state index in [1.54, 1.807) is 13.0 Å². The number of benzene rings is 1. The summed E-state index contributed by atoms with van der Waals surface area (Å²) in [5.74, 6) is -2.18. The number of hydrogen-bond donors (Lipinski definition) is 0. The van der Waals surface area contributed by atoms with E-state index in [1.165, 1.54) is 12.3 Å². The topological polar surface area (TPSA) is 35.0 Å². The van der Waals surface area contributed by atoms with Gasteiger partial charge in [-0.1, -0.05) is 15.9 Å². The summed E-state index contributed by atoms with van der Waals surface area (Å²) in [6, 6.07) is 3.91. The molecule has 0 spiro atoms. The average Bonchev–Trinajstić information content (AvgIpc) is 2.25. The van der Waals surface area contributed by atoms with Crippen LogP contribution < -0.4 is 4.74 Å². The van der Waals surface area contributed by atoms with Crippen molar-refractivity contribution in [3.05, 3.63) is 46.1 Å². The Morgan fingerprint density at radius 1 is 1.24 bits per heavy atom. The number of rotatable bonds is 2. The molecule has 0 saturated heterocycles. The minimum atomic E-state index is -1.06. The van der Waals surface area contributed by atoms with Crippen LogP contribution in [0.5, 0.6) is 11.6 Å². The van der Waals surface area contributed by atoms with E-state index in [0.717, 1.165) is 11.6 Å². The van der Waals surface area contributed by atoms with Crippen LogP contribution in [-0.4, -0.2) is 10.2 Å². The third kappa shape index (κ3) is 2.76. The molecule has 3 nitrogen and oxygen atoms in total. The lowest BCUT2D eigenvalue weighted by molar-refractivity contribution is 0.400. The van der Waals surface area contributed by atoms with Gasteiger partial charge in [-0.15, -0.1) is 5.10 Å². The lowest BCUT2D eigenvalue weighted by Crippen LogP contribution is -1.95. The molecule has 17 heavy (non-hydrogen) atoms. The third-order valence-electron chi connectivity index (χ3n) is 1.94. The molecule has 1 heterocycles. The van der Waals surface area contributed by atoms with Crippen LogP contribution in [0.25, 0.3) is 0 Å². The normalized spacial score (nSPS) is 10.4. The van der Waals surface area contributed by atoms with Crippen molar-refractivity contribution in [3.63, 3.8) is 0 Å². The van der Waals surface area contributed by atoms with Crippen LogP contribution in [0.4, 0.5) is 8.78 Å². The second-order valence-corrected chi connectivity index (χ2v) is 4.29. The maximum Gasteiger partial charge on any atom is 0.239 e. The quantitative estimate of drug-likeness (QED) is 0.795. The second kappa shape index (κ2) is 4.75. The highest BCUT2D eigenvalue weighted by molar-refractivity contribution is 9.10. The highest BCUT2D eigenvalue weighted by Gasteiger charge is 2.12. The van der Waals surface area contributed by atoms with E-state index >= 15 is 0 Å². The van der Waals surface area contributed by atoms with Gasteiger partial charge in [-0.25, -0.2) is 4.39 Å². The molecule has 2 aromatic rings. The van der Waals surface area contributed by atoms with Crippen LogP contribution in [0.3, 0.4) is 0 Å². The van der Waals surface area contributed by atoms with Crippen molar-refractivity contribution in [2.75, 3.05) is 0 Å². The number of halogens is 3. The van der Waals surface area contributed by atoms with Gasteiger partial charge in [0, 0.05) is 10.5 Å². The Morgan fingerprint density at radius 3 is 2.71 bits per heavy atom. The maximum atomic E-state index is 13.4. The lowest BCUT2D eigenvalue weighted by atomic mass is 10.3. The van der Waals surface area contributed by atoms with Crippen molar-refractivity contribution in [3.8, 4) is 11.6 Å². The van der Waals surface area contributed by atoms with Crippen LogP contribution in [0, 0.1) is 18.6 Å². The molecule has 0 N–H and O–H groups in total. The average molecular weight is 301 g/mol. The smallest absolute Gasteiger partial charge is 0.239 e. The Balaban J connectivity index is 2.36. The summed E-state index contributed by atoms with van der Waals surface area (Å²) in [6.45, 7) is 1.79. The number of aryl methyl sites for hydroxylation is 1. The minimum Gasteiger partial charge on any atom is -0.434 e. The summed E-state index contributed by atoms with van der Waals surface area (Å²) in [6.07, 6.45) is 1.53. The first kappa shape index (κ1) is 11.9. The molecule has 0 aliphatic carbocycles. The molecule has 0 aliphatic rings. The SMILES string of the molecule is Cc1cnnc(Oc2cc(Br)cc(F)c2F)c1. The molecule has 6 heteroatoms. The predicted molar refractivity (Wildman–Crippen MR) is 60.9 cm³/mol. The zero-order valence-corrected chi connectivity index (χ0v) is 10.3. The number of ether oxygens (including phenoxy) is 1. The van der Waals surface area contributed by atoms with Gasteiger partial charge in [-0.3, -0.25) is 0 Å². The Labute approximate surface area is 105 Å². The van der Waals surface area contributed by atoms with Crippen LogP contribution in [-0.2, 0) is 0 Å². The summed E-state index contributed by atoms with van der Waals surface area (Å²) in [5.41, 5.74) is 0.811. The first-order chi connectivity index (χ1) is 8.06. The van der Waals surface area contributed by atoms with Crippen molar-refractivity contribution in [1.29, 1.82) is 0 Å². The van der Waals surface area contributed by atoms with E-state index in [2.05, 4.69) is 26.1 Å². The number of nitrogens with zero attached hydrogens (tertiary/aromatic N) is 2.